The van der Waals surface area contributed by atoms with Crippen LogP contribution in [0.4, 0.5) is 5.69 Å². The SMILES string of the molecule is Cc1cc(Cl)c(C(=O)O)cc1-c1cccc(NS(C)(=O)=O)c1. The van der Waals surface area contributed by atoms with Crippen molar-refractivity contribution in [2.75, 3.05) is 11.0 Å². The lowest BCUT2D eigenvalue weighted by molar-refractivity contribution is 0.0697. The predicted molar refractivity (Wildman–Crippen MR) is 87.1 cm³/mol. The Morgan fingerprint density at radius 3 is 2.50 bits per heavy atom. The maximum Gasteiger partial charge on any atom is 0.337 e. The Morgan fingerprint density at radius 2 is 1.91 bits per heavy atom. The summed E-state index contributed by atoms with van der Waals surface area (Å²) in [6.45, 7) is 1.81. The fourth-order valence-corrected chi connectivity index (χ4v) is 2.97. The van der Waals surface area contributed by atoms with Gasteiger partial charge in [-0.05, 0) is 47.9 Å². The number of nitrogens with one attached hydrogen (secondary N) is 1. The van der Waals surface area contributed by atoms with E-state index in [1.807, 2.05) is 6.92 Å². The molecule has 2 rings (SSSR count). The van der Waals surface area contributed by atoms with Crippen molar-refractivity contribution in [3.05, 3.63) is 52.5 Å². The van der Waals surface area contributed by atoms with E-state index in [-0.39, 0.29) is 10.6 Å². The lowest BCUT2D eigenvalue weighted by atomic mass is 9.97. The van der Waals surface area contributed by atoms with Gasteiger partial charge in [-0.25, -0.2) is 13.2 Å². The largest absolute Gasteiger partial charge is 0.478 e. The van der Waals surface area contributed by atoms with Gasteiger partial charge in [0.25, 0.3) is 0 Å². The third-order valence-electron chi connectivity index (χ3n) is 3.02. The van der Waals surface area contributed by atoms with Crippen LogP contribution in [0.25, 0.3) is 11.1 Å². The highest BCUT2D eigenvalue weighted by Crippen LogP contribution is 2.30. The first kappa shape index (κ1) is 16.3. The van der Waals surface area contributed by atoms with Crippen LogP contribution in [0.5, 0.6) is 0 Å². The van der Waals surface area contributed by atoms with Gasteiger partial charge in [-0.15, -0.1) is 0 Å². The highest BCUT2D eigenvalue weighted by molar-refractivity contribution is 7.92. The second-order valence-corrected chi connectivity index (χ2v) is 7.06. The zero-order valence-corrected chi connectivity index (χ0v) is 13.5. The number of carbonyl (C=O) groups is 1. The first-order valence-electron chi connectivity index (χ1n) is 6.29. The number of carboxylic acid groups (broad SMARTS) is 1. The van der Waals surface area contributed by atoms with Gasteiger partial charge in [0.1, 0.15) is 0 Å². The zero-order valence-electron chi connectivity index (χ0n) is 11.9. The molecule has 22 heavy (non-hydrogen) atoms. The van der Waals surface area contributed by atoms with E-state index in [2.05, 4.69) is 4.72 Å². The van der Waals surface area contributed by atoms with Crippen molar-refractivity contribution in [3.8, 4) is 11.1 Å². The summed E-state index contributed by atoms with van der Waals surface area (Å²) in [6, 6.07) is 9.79. The number of hydrogen-bond acceptors (Lipinski definition) is 3. The molecule has 0 radical (unpaired) electrons. The summed E-state index contributed by atoms with van der Waals surface area (Å²) >= 11 is 5.93. The maximum atomic E-state index is 11.3. The Bertz CT molecular complexity index is 847. The molecule has 2 N–H and O–H groups in total. The lowest BCUT2D eigenvalue weighted by Crippen LogP contribution is -2.09. The third-order valence-corrected chi connectivity index (χ3v) is 3.94. The van der Waals surface area contributed by atoms with Crippen molar-refractivity contribution in [3.63, 3.8) is 0 Å². The van der Waals surface area contributed by atoms with E-state index < -0.39 is 16.0 Å². The molecule has 0 atom stereocenters. The summed E-state index contributed by atoms with van der Waals surface area (Å²) in [5.41, 5.74) is 2.59. The molecule has 5 nitrogen and oxygen atoms in total. The second kappa shape index (κ2) is 5.98. The van der Waals surface area contributed by atoms with Crippen molar-refractivity contribution in [2.45, 2.75) is 6.92 Å². The molecule has 2 aromatic rings. The molecule has 0 saturated heterocycles. The van der Waals surface area contributed by atoms with Gasteiger partial charge in [-0.2, -0.15) is 0 Å². The third kappa shape index (κ3) is 3.78. The second-order valence-electron chi connectivity index (χ2n) is 4.91. The van der Waals surface area contributed by atoms with Gasteiger partial charge in [0.2, 0.25) is 10.0 Å². The van der Waals surface area contributed by atoms with Gasteiger partial charge in [0.05, 0.1) is 16.8 Å². The molecule has 0 aliphatic heterocycles. The molecule has 0 saturated carbocycles. The number of hydrogen-bond donors (Lipinski definition) is 2. The van der Waals surface area contributed by atoms with Crippen LogP contribution in [0.2, 0.25) is 5.02 Å². The van der Waals surface area contributed by atoms with Crippen LogP contribution in [0, 0.1) is 6.92 Å². The van der Waals surface area contributed by atoms with Gasteiger partial charge >= 0.3 is 5.97 Å². The zero-order chi connectivity index (χ0) is 16.5. The van der Waals surface area contributed by atoms with Crippen LogP contribution in [-0.2, 0) is 10.0 Å². The molecule has 0 bridgehead atoms. The van der Waals surface area contributed by atoms with Crippen molar-refractivity contribution in [2.24, 2.45) is 0 Å². The van der Waals surface area contributed by atoms with Crippen LogP contribution in [0.1, 0.15) is 15.9 Å². The van der Waals surface area contributed by atoms with E-state index in [9.17, 15) is 13.2 Å². The number of halogens is 1. The smallest absolute Gasteiger partial charge is 0.337 e. The Kier molecular flexibility index (Phi) is 4.44. The van der Waals surface area contributed by atoms with E-state index in [4.69, 9.17) is 16.7 Å². The van der Waals surface area contributed by atoms with Crippen LogP contribution in [-0.4, -0.2) is 25.7 Å². The first-order valence-corrected chi connectivity index (χ1v) is 8.56. The quantitative estimate of drug-likeness (QED) is 0.894. The average molecular weight is 340 g/mol. The van der Waals surface area contributed by atoms with Crippen molar-refractivity contribution in [1.82, 2.24) is 0 Å². The van der Waals surface area contributed by atoms with E-state index in [1.54, 1.807) is 30.3 Å². The van der Waals surface area contributed by atoms with Gasteiger partial charge in [0, 0.05) is 5.69 Å². The fraction of sp³-hybridized carbons (Fsp3) is 0.133. The fourth-order valence-electron chi connectivity index (χ4n) is 2.11. The predicted octanol–water partition coefficient (Wildman–Crippen LogP) is 3.39. The average Bonchev–Trinajstić information content (AvgIpc) is 2.36. The molecule has 0 fully saturated rings. The van der Waals surface area contributed by atoms with Crippen LogP contribution < -0.4 is 4.72 Å². The Labute approximate surface area is 133 Å². The minimum absolute atomic E-state index is 0.00346. The lowest BCUT2D eigenvalue weighted by Gasteiger charge is -2.11. The molecule has 2 aromatic carbocycles. The molecule has 0 aromatic heterocycles. The number of sulfonamides is 1. The number of benzene rings is 2. The van der Waals surface area contributed by atoms with Gasteiger partial charge in [-0.3, -0.25) is 4.72 Å². The van der Waals surface area contributed by atoms with Crippen molar-refractivity contribution < 1.29 is 18.3 Å². The molecule has 7 heteroatoms. The molecular formula is C15H14ClNO4S. The highest BCUT2D eigenvalue weighted by atomic mass is 35.5. The Hall–Kier alpha value is -2.05. The molecule has 0 aliphatic carbocycles. The van der Waals surface area contributed by atoms with Crippen molar-refractivity contribution in [1.29, 1.82) is 0 Å². The molecular weight excluding hydrogens is 326 g/mol. The van der Waals surface area contributed by atoms with E-state index in [1.165, 1.54) is 6.07 Å². The minimum atomic E-state index is -3.38. The van der Waals surface area contributed by atoms with Gasteiger partial charge in [-0.1, -0.05) is 23.7 Å². The summed E-state index contributed by atoms with van der Waals surface area (Å²) in [5, 5.41) is 9.33. The number of aromatic carboxylic acids is 1. The Balaban J connectivity index is 2.55. The number of aryl methyl sites for hydroxylation is 1. The molecule has 0 spiro atoms. The summed E-state index contributed by atoms with van der Waals surface area (Å²) in [6.07, 6.45) is 1.07. The summed E-state index contributed by atoms with van der Waals surface area (Å²) in [7, 11) is -3.38. The molecule has 0 amide bonds. The van der Waals surface area contributed by atoms with E-state index in [0.29, 0.717) is 16.8 Å². The summed E-state index contributed by atoms with van der Waals surface area (Å²) < 4.78 is 25.0. The molecule has 0 heterocycles. The molecule has 0 aliphatic rings. The van der Waals surface area contributed by atoms with Crippen LogP contribution >= 0.6 is 11.6 Å². The van der Waals surface area contributed by atoms with Crippen molar-refractivity contribution >= 4 is 33.3 Å². The molecule has 0 unspecified atom stereocenters. The maximum absolute atomic E-state index is 11.3. The number of carboxylic acids is 1. The molecule has 116 valence electrons. The first-order chi connectivity index (χ1) is 10.2. The summed E-state index contributed by atoms with van der Waals surface area (Å²) in [4.78, 5) is 11.2. The highest BCUT2D eigenvalue weighted by Gasteiger charge is 2.13. The minimum Gasteiger partial charge on any atom is -0.478 e. The van der Waals surface area contributed by atoms with E-state index in [0.717, 1.165) is 11.8 Å². The normalized spacial score (nSPS) is 11.2. The van der Waals surface area contributed by atoms with Crippen LogP contribution in [0.3, 0.4) is 0 Å². The van der Waals surface area contributed by atoms with E-state index >= 15 is 0 Å². The van der Waals surface area contributed by atoms with Gasteiger partial charge < -0.3 is 5.11 Å². The van der Waals surface area contributed by atoms with Crippen LogP contribution in [0.15, 0.2) is 36.4 Å². The van der Waals surface area contributed by atoms with Gasteiger partial charge in [0.15, 0.2) is 0 Å². The Morgan fingerprint density at radius 1 is 1.23 bits per heavy atom. The number of rotatable bonds is 4. The number of anilines is 1. The monoisotopic (exact) mass is 339 g/mol. The standard InChI is InChI=1S/C15H14ClNO4S/c1-9-6-14(16)13(15(18)19)8-12(9)10-4-3-5-11(7-10)17-22(2,20)21/h3-8,17H,1-2H3,(H,18,19). The summed E-state index contributed by atoms with van der Waals surface area (Å²) in [5.74, 6) is -1.11. The topological polar surface area (TPSA) is 83.5 Å².